The van der Waals surface area contributed by atoms with E-state index in [0.717, 1.165) is 0 Å². The third-order valence-corrected chi connectivity index (χ3v) is 3.35. The van der Waals surface area contributed by atoms with Gasteiger partial charge < -0.3 is 15.1 Å². The second-order valence-corrected chi connectivity index (χ2v) is 5.43. The number of hydrogen-bond acceptors (Lipinski definition) is 4. The average molecular weight is 304 g/mol. The molecule has 0 radical (unpaired) electrons. The number of hydrogen-bond donors (Lipinski definition) is 1. The maximum absolute atomic E-state index is 12.2. The highest BCUT2D eigenvalue weighted by Crippen LogP contribution is 2.07. The number of aromatic nitrogens is 1. The fourth-order valence-corrected chi connectivity index (χ4v) is 2.23. The maximum Gasteiger partial charge on any atom is 0.312 e. The summed E-state index contributed by atoms with van der Waals surface area (Å²) in [6.07, 6.45) is 1.57. The number of nitrogens with zero attached hydrogens (tertiary/aromatic N) is 3. The summed E-state index contributed by atoms with van der Waals surface area (Å²) in [4.78, 5) is 43.1. The topological polar surface area (TPSA) is 82.6 Å². The van der Waals surface area contributed by atoms with Gasteiger partial charge in [-0.15, -0.1) is 0 Å². The van der Waals surface area contributed by atoms with Gasteiger partial charge in [0.1, 0.15) is 5.69 Å². The molecule has 0 aromatic carbocycles. The summed E-state index contributed by atoms with van der Waals surface area (Å²) < 4.78 is 0. The molecule has 118 valence electrons. The van der Waals surface area contributed by atoms with E-state index in [9.17, 15) is 14.4 Å². The van der Waals surface area contributed by atoms with Crippen LogP contribution in [0.2, 0.25) is 0 Å². The van der Waals surface area contributed by atoms with Gasteiger partial charge >= 0.3 is 11.8 Å². The molecule has 7 heteroatoms. The Bertz CT molecular complexity index is 551. The third-order valence-electron chi connectivity index (χ3n) is 3.35. The highest BCUT2D eigenvalue weighted by Gasteiger charge is 2.28. The van der Waals surface area contributed by atoms with E-state index in [0.29, 0.717) is 31.9 Å². The van der Waals surface area contributed by atoms with Crippen LogP contribution in [-0.4, -0.2) is 64.7 Å². The van der Waals surface area contributed by atoms with Crippen molar-refractivity contribution >= 4 is 17.7 Å². The lowest BCUT2D eigenvalue weighted by molar-refractivity contribution is -0.147. The van der Waals surface area contributed by atoms with Gasteiger partial charge in [0.15, 0.2) is 0 Å². The fraction of sp³-hybridized carbons (Fsp3) is 0.467. The molecule has 1 N–H and O–H groups in total. The van der Waals surface area contributed by atoms with Crippen molar-refractivity contribution in [1.82, 2.24) is 20.1 Å². The lowest BCUT2D eigenvalue weighted by atomic mass is 10.2. The predicted octanol–water partition coefficient (Wildman–Crippen LogP) is -0.109. The van der Waals surface area contributed by atoms with Crippen LogP contribution >= 0.6 is 0 Å². The Kier molecular flexibility index (Phi) is 5.08. The largest absolute Gasteiger partial charge is 0.346 e. The Morgan fingerprint density at radius 1 is 1.09 bits per heavy atom. The monoisotopic (exact) mass is 304 g/mol. The molecule has 1 aromatic heterocycles. The first-order valence-electron chi connectivity index (χ1n) is 7.29. The Labute approximate surface area is 129 Å². The number of carbonyl (C=O) groups is 3. The number of rotatable bonds is 2. The van der Waals surface area contributed by atoms with Crippen LogP contribution < -0.4 is 5.32 Å². The number of pyridine rings is 1. The van der Waals surface area contributed by atoms with Crippen molar-refractivity contribution < 1.29 is 14.4 Å². The molecule has 0 spiro atoms. The van der Waals surface area contributed by atoms with Crippen molar-refractivity contribution in [2.24, 2.45) is 0 Å². The summed E-state index contributed by atoms with van der Waals surface area (Å²) in [7, 11) is 0. The molecule has 3 amide bonds. The molecule has 0 atom stereocenters. The fourth-order valence-electron chi connectivity index (χ4n) is 2.23. The number of carbonyl (C=O) groups excluding carboxylic acids is 3. The molecule has 0 saturated carbocycles. The van der Waals surface area contributed by atoms with E-state index in [4.69, 9.17) is 0 Å². The maximum atomic E-state index is 12.2. The molecule has 1 saturated heterocycles. The van der Waals surface area contributed by atoms with Gasteiger partial charge in [0.2, 0.25) is 0 Å². The van der Waals surface area contributed by atoms with E-state index >= 15 is 0 Å². The smallest absolute Gasteiger partial charge is 0.312 e. The van der Waals surface area contributed by atoms with Gasteiger partial charge in [-0.1, -0.05) is 6.07 Å². The first-order chi connectivity index (χ1) is 10.5. The van der Waals surface area contributed by atoms with Crippen molar-refractivity contribution in [3.05, 3.63) is 30.1 Å². The van der Waals surface area contributed by atoms with Crippen LogP contribution in [-0.2, 0) is 9.59 Å². The quantitative estimate of drug-likeness (QED) is 0.773. The highest BCUT2D eigenvalue weighted by atomic mass is 16.2. The lowest BCUT2D eigenvalue weighted by Gasteiger charge is -2.34. The van der Waals surface area contributed by atoms with E-state index < -0.39 is 11.8 Å². The molecule has 1 aliphatic rings. The van der Waals surface area contributed by atoms with E-state index in [1.54, 1.807) is 43.1 Å². The molecular formula is C15H20N4O3. The first-order valence-corrected chi connectivity index (χ1v) is 7.29. The van der Waals surface area contributed by atoms with Crippen molar-refractivity contribution in [2.75, 3.05) is 26.2 Å². The van der Waals surface area contributed by atoms with Crippen LogP contribution in [0, 0.1) is 0 Å². The highest BCUT2D eigenvalue weighted by molar-refractivity contribution is 6.35. The van der Waals surface area contributed by atoms with E-state index in [-0.39, 0.29) is 11.9 Å². The van der Waals surface area contributed by atoms with Crippen LogP contribution in [0.3, 0.4) is 0 Å². The molecule has 1 aliphatic heterocycles. The van der Waals surface area contributed by atoms with Crippen molar-refractivity contribution in [1.29, 1.82) is 0 Å². The summed E-state index contributed by atoms with van der Waals surface area (Å²) in [6, 6.07) is 5.09. The SMILES string of the molecule is CC(C)NC(=O)C(=O)N1CCN(C(=O)c2ccccn2)CC1. The second kappa shape index (κ2) is 7.02. The molecule has 0 bridgehead atoms. The second-order valence-electron chi connectivity index (χ2n) is 5.43. The molecule has 0 aliphatic carbocycles. The van der Waals surface area contributed by atoms with Gasteiger partial charge in [0.05, 0.1) is 0 Å². The van der Waals surface area contributed by atoms with E-state index in [1.807, 2.05) is 0 Å². The number of nitrogens with one attached hydrogen (secondary N) is 1. The molecule has 2 heterocycles. The molecule has 0 unspecified atom stereocenters. The molecule has 7 nitrogen and oxygen atoms in total. The summed E-state index contributed by atoms with van der Waals surface area (Å²) in [5, 5.41) is 2.58. The van der Waals surface area contributed by atoms with Crippen molar-refractivity contribution in [2.45, 2.75) is 19.9 Å². The van der Waals surface area contributed by atoms with Crippen LogP contribution in [0.5, 0.6) is 0 Å². The van der Waals surface area contributed by atoms with Gasteiger partial charge in [-0.25, -0.2) is 0 Å². The first kappa shape index (κ1) is 15.9. The van der Waals surface area contributed by atoms with Crippen LogP contribution in [0.4, 0.5) is 0 Å². The zero-order chi connectivity index (χ0) is 16.1. The van der Waals surface area contributed by atoms with E-state index in [1.165, 1.54) is 4.90 Å². The van der Waals surface area contributed by atoms with Gasteiger partial charge in [-0.05, 0) is 26.0 Å². The minimum atomic E-state index is -0.598. The predicted molar refractivity (Wildman–Crippen MR) is 80.0 cm³/mol. The zero-order valence-corrected chi connectivity index (χ0v) is 12.8. The Balaban J connectivity index is 1.89. The van der Waals surface area contributed by atoms with Gasteiger partial charge in [0, 0.05) is 38.4 Å². The standard InChI is InChI=1S/C15H20N4O3/c1-11(2)17-13(20)15(22)19-9-7-18(8-10-19)14(21)12-5-3-4-6-16-12/h3-6,11H,7-10H2,1-2H3,(H,17,20). The minimum absolute atomic E-state index is 0.0801. The molecule has 2 rings (SSSR count). The summed E-state index contributed by atoms with van der Waals surface area (Å²) in [5.74, 6) is -1.29. The van der Waals surface area contributed by atoms with Crippen molar-refractivity contribution in [3.63, 3.8) is 0 Å². The Morgan fingerprint density at radius 3 is 2.27 bits per heavy atom. The number of amides is 3. The molecule has 1 aromatic rings. The Morgan fingerprint density at radius 2 is 1.73 bits per heavy atom. The lowest BCUT2D eigenvalue weighted by Crippen LogP contribution is -2.54. The third kappa shape index (κ3) is 3.81. The normalized spacial score (nSPS) is 14.9. The van der Waals surface area contributed by atoms with Gasteiger partial charge in [0.25, 0.3) is 5.91 Å². The van der Waals surface area contributed by atoms with Crippen LogP contribution in [0.15, 0.2) is 24.4 Å². The average Bonchev–Trinajstić information content (AvgIpc) is 2.54. The van der Waals surface area contributed by atoms with Gasteiger partial charge in [-0.3, -0.25) is 19.4 Å². The molecule has 1 fully saturated rings. The van der Waals surface area contributed by atoms with Crippen molar-refractivity contribution in [3.8, 4) is 0 Å². The van der Waals surface area contributed by atoms with Crippen LogP contribution in [0.1, 0.15) is 24.3 Å². The van der Waals surface area contributed by atoms with Gasteiger partial charge in [-0.2, -0.15) is 0 Å². The zero-order valence-electron chi connectivity index (χ0n) is 12.8. The van der Waals surface area contributed by atoms with Crippen LogP contribution in [0.25, 0.3) is 0 Å². The molecule has 22 heavy (non-hydrogen) atoms. The minimum Gasteiger partial charge on any atom is -0.346 e. The summed E-state index contributed by atoms with van der Waals surface area (Å²) in [6.45, 7) is 5.10. The molecular weight excluding hydrogens is 284 g/mol. The van der Waals surface area contributed by atoms with E-state index in [2.05, 4.69) is 10.3 Å². The summed E-state index contributed by atoms with van der Waals surface area (Å²) in [5.41, 5.74) is 0.389. The summed E-state index contributed by atoms with van der Waals surface area (Å²) >= 11 is 0. The Hall–Kier alpha value is -2.44. The number of piperazine rings is 1.